The number of hydrogen-bond acceptors (Lipinski definition) is 3. The number of hydrogen-bond donors (Lipinski definition) is 2. The summed E-state index contributed by atoms with van der Waals surface area (Å²) in [5.74, 6) is 0.466. The molecule has 0 fully saturated rings. The fourth-order valence-electron chi connectivity index (χ4n) is 1.91. The fraction of sp³-hybridized carbons (Fsp3) is 0.600. The van der Waals surface area contributed by atoms with Crippen LogP contribution in [0.15, 0.2) is 18.5 Å². The molecule has 2 N–H and O–H groups in total. The minimum atomic E-state index is -0.234. The van der Waals surface area contributed by atoms with Crippen LogP contribution in [0.1, 0.15) is 56.3 Å². The molecule has 0 bridgehead atoms. The Morgan fingerprint density at radius 3 is 2.74 bits per heavy atom. The highest BCUT2D eigenvalue weighted by Gasteiger charge is 2.09. The van der Waals surface area contributed by atoms with Crippen LogP contribution in [0.25, 0.3) is 0 Å². The number of carbonyl (C=O) groups excluding carboxylic acids is 1. The van der Waals surface area contributed by atoms with Gasteiger partial charge in [-0.3, -0.25) is 9.78 Å². The van der Waals surface area contributed by atoms with Gasteiger partial charge in [0.1, 0.15) is 5.75 Å². The normalized spacial score (nSPS) is 10.7. The first-order chi connectivity index (χ1) is 9.11. The van der Waals surface area contributed by atoms with Gasteiger partial charge in [-0.05, 0) is 18.4 Å². The molecule has 19 heavy (non-hydrogen) atoms. The summed E-state index contributed by atoms with van der Waals surface area (Å²) in [4.78, 5) is 15.5. The Bertz CT molecular complexity index is 391. The zero-order chi connectivity index (χ0) is 14.1. The quantitative estimate of drug-likeness (QED) is 0.709. The van der Waals surface area contributed by atoms with Crippen molar-refractivity contribution in [1.29, 1.82) is 0 Å². The summed E-state index contributed by atoms with van der Waals surface area (Å²) in [7, 11) is 0. The topological polar surface area (TPSA) is 62.2 Å². The first-order valence-electron chi connectivity index (χ1n) is 7.02. The van der Waals surface area contributed by atoms with E-state index < -0.39 is 0 Å². The monoisotopic (exact) mass is 264 g/mol. The van der Waals surface area contributed by atoms with Gasteiger partial charge in [0.05, 0.1) is 11.8 Å². The summed E-state index contributed by atoms with van der Waals surface area (Å²) in [6, 6.07) is 1.52. The van der Waals surface area contributed by atoms with Gasteiger partial charge < -0.3 is 10.4 Å². The zero-order valence-electron chi connectivity index (χ0n) is 11.9. The average molecular weight is 264 g/mol. The first kappa shape index (κ1) is 15.5. The maximum atomic E-state index is 11.7. The van der Waals surface area contributed by atoms with Gasteiger partial charge in [-0.1, -0.05) is 39.5 Å². The van der Waals surface area contributed by atoms with E-state index in [-0.39, 0.29) is 17.2 Å². The molecule has 0 unspecified atom stereocenters. The summed E-state index contributed by atoms with van der Waals surface area (Å²) < 4.78 is 0. The Morgan fingerprint density at radius 1 is 1.32 bits per heavy atom. The molecule has 0 spiro atoms. The number of aromatic hydroxyl groups is 1. The van der Waals surface area contributed by atoms with Crippen LogP contribution in [0.3, 0.4) is 0 Å². The van der Waals surface area contributed by atoms with Crippen LogP contribution in [0.2, 0.25) is 0 Å². The van der Waals surface area contributed by atoms with Crippen molar-refractivity contribution in [3.05, 3.63) is 24.0 Å². The van der Waals surface area contributed by atoms with E-state index in [0.717, 1.165) is 18.8 Å². The fourth-order valence-corrected chi connectivity index (χ4v) is 1.91. The van der Waals surface area contributed by atoms with Crippen molar-refractivity contribution in [3.8, 4) is 5.75 Å². The van der Waals surface area contributed by atoms with Crippen LogP contribution >= 0.6 is 0 Å². The number of rotatable bonds is 8. The van der Waals surface area contributed by atoms with Crippen LogP contribution in [0.5, 0.6) is 5.75 Å². The molecule has 0 saturated carbocycles. The molecule has 4 heteroatoms. The summed E-state index contributed by atoms with van der Waals surface area (Å²) in [5, 5.41) is 12.3. The molecule has 0 aromatic carbocycles. The lowest BCUT2D eigenvalue weighted by Crippen LogP contribution is -2.24. The maximum absolute atomic E-state index is 11.7. The molecule has 106 valence electrons. The predicted molar refractivity (Wildman–Crippen MR) is 76.2 cm³/mol. The van der Waals surface area contributed by atoms with Crippen LogP contribution in [0, 0.1) is 5.92 Å². The molecule has 0 saturated heterocycles. The van der Waals surface area contributed by atoms with Gasteiger partial charge in [-0.15, -0.1) is 0 Å². The zero-order valence-corrected chi connectivity index (χ0v) is 11.9. The van der Waals surface area contributed by atoms with E-state index in [1.165, 1.54) is 37.7 Å². The minimum Gasteiger partial charge on any atom is -0.505 e. The van der Waals surface area contributed by atoms with E-state index in [9.17, 15) is 9.90 Å². The number of amides is 1. The van der Waals surface area contributed by atoms with E-state index in [0.29, 0.717) is 6.54 Å². The van der Waals surface area contributed by atoms with E-state index in [4.69, 9.17) is 0 Å². The van der Waals surface area contributed by atoms with Crippen molar-refractivity contribution in [3.63, 3.8) is 0 Å². The van der Waals surface area contributed by atoms with E-state index >= 15 is 0 Å². The van der Waals surface area contributed by atoms with E-state index in [1.54, 1.807) is 0 Å². The summed E-state index contributed by atoms with van der Waals surface area (Å²) in [6.07, 6.45) is 8.65. The third-order valence-corrected chi connectivity index (χ3v) is 3.04. The number of nitrogens with one attached hydrogen (secondary N) is 1. The smallest absolute Gasteiger partial charge is 0.255 e. The van der Waals surface area contributed by atoms with Crippen molar-refractivity contribution in [1.82, 2.24) is 10.3 Å². The molecule has 1 heterocycles. The highest BCUT2D eigenvalue weighted by molar-refractivity contribution is 5.96. The Labute approximate surface area is 115 Å². The van der Waals surface area contributed by atoms with Crippen molar-refractivity contribution >= 4 is 5.91 Å². The van der Waals surface area contributed by atoms with Crippen molar-refractivity contribution in [2.45, 2.75) is 46.0 Å². The van der Waals surface area contributed by atoms with Gasteiger partial charge >= 0.3 is 0 Å². The van der Waals surface area contributed by atoms with E-state index in [1.807, 2.05) is 0 Å². The molecule has 1 amide bonds. The van der Waals surface area contributed by atoms with Crippen molar-refractivity contribution < 1.29 is 9.90 Å². The van der Waals surface area contributed by atoms with E-state index in [2.05, 4.69) is 24.1 Å². The molecule has 0 aliphatic carbocycles. The molecule has 1 aromatic heterocycles. The van der Waals surface area contributed by atoms with Crippen molar-refractivity contribution in [2.24, 2.45) is 5.92 Å². The molecular weight excluding hydrogens is 240 g/mol. The maximum Gasteiger partial charge on any atom is 0.255 e. The highest BCUT2D eigenvalue weighted by Crippen LogP contribution is 2.13. The number of pyridine rings is 1. The van der Waals surface area contributed by atoms with Crippen LogP contribution in [-0.2, 0) is 0 Å². The van der Waals surface area contributed by atoms with Gasteiger partial charge in [0, 0.05) is 12.7 Å². The average Bonchev–Trinajstić information content (AvgIpc) is 2.37. The summed E-state index contributed by atoms with van der Waals surface area (Å²) >= 11 is 0. The van der Waals surface area contributed by atoms with Crippen LogP contribution in [0.4, 0.5) is 0 Å². The lowest BCUT2D eigenvalue weighted by atomic mass is 10.0. The van der Waals surface area contributed by atoms with Gasteiger partial charge in [0.15, 0.2) is 0 Å². The largest absolute Gasteiger partial charge is 0.505 e. The van der Waals surface area contributed by atoms with Gasteiger partial charge in [0.25, 0.3) is 5.91 Å². The Morgan fingerprint density at radius 2 is 2.05 bits per heavy atom. The second kappa shape index (κ2) is 8.51. The standard InChI is InChI=1S/C15H24N2O2/c1-12(2)7-5-3-4-6-9-17-15(19)13-8-10-16-11-14(13)18/h8,10-12,18H,3-7,9H2,1-2H3,(H,17,19). The predicted octanol–water partition coefficient (Wildman–Crippen LogP) is 3.12. The molecule has 1 aromatic rings. The Kier molecular flexibility index (Phi) is 6.93. The third-order valence-electron chi connectivity index (χ3n) is 3.04. The van der Waals surface area contributed by atoms with Gasteiger partial charge in [-0.2, -0.15) is 0 Å². The van der Waals surface area contributed by atoms with Gasteiger partial charge in [0.2, 0.25) is 0 Å². The summed E-state index contributed by atoms with van der Waals surface area (Å²) in [5.41, 5.74) is 0.287. The molecule has 0 aliphatic rings. The minimum absolute atomic E-state index is 0.0723. The second-order valence-electron chi connectivity index (χ2n) is 5.25. The van der Waals surface area contributed by atoms with Crippen LogP contribution in [-0.4, -0.2) is 22.5 Å². The lowest BCUT2D eigenvalue weighted by Gasteiger charge is -2.07. The van der Waals surface area contributed by atoms with Crippen LogP contribution < -0.4 is 5.32 Å². The number of carbonyl (C=O) groups is 1. The number of aromatic nitrogens is 1. The SMILES string of the molecule is CC(C)CCCCCCNC(=O)c1ccncc1O. The molecule has 0 radical (unpaired) electrons. The third kappa shape index (κ3) is 6.22. The highest BCUT2D eigenvalue weighted by atomic mass is 16.3. The molecule has 0 atom stereocenters. The second-order valence-corrected chi connectivity index (χ2v) is 5.25. The Hall–Kier alpha value is -1.58. The lowest BCUT2D eigenvalue weighted by molar-refractivity contribution is 0.0950. The molecule has 0 aliphatic heterocycles. The molecule has 4 nitrogen and oxygen atoms in total. The molecule has 1 rings (SSSR count). The molecular formula is C15H24N2O2. The number of unbranched alkanes of at least 4 members (excludes halogenated alkanes) is 3. The first-order valence-corrected chi connectivity index (χ1v) is 7.02. The van der Waals surface area contributed by atoms with Gasteiger partial charge in [-0.25, -0.2) is 0 Å². The van der Waals surface area contributed by atoms with Crippen molar-refractivity contribution in [2.75, 3.05) is 6.54 Å². The summed E-state index contributed by atoms with van der Waals surface area (Å²) in [6.45, 7) is 5.13. The Balaban J connectivity index is 2.13. The number of nitrogens with zero attached hydrogens (tertiary/aromatic N) is 1.